The zero-order valence-corrected chi connectivity index (χ0v) is 9.45. The molecule has 0 amide bonds. The molecule has 0 spiro atoms. The fourth-order valence-corrected chi connectivity index (χ4v) is 2.00. The van der Waals surface area contributed by atoms with Crippen LogP contribution in [0, 0.1) is 0 Å². The molecule has 2 heteroatoms. The minimum atomic E-state index is 0.945. The fourth-order valence-electron chi connectivity index (χ4n) is 2.00. The van der Waals surface area contributed by atoms with Gasteiger partial charge in [-0.1, -0.05) is 31.5 Å². The van der Waals surface area contributed by atoms with Gasteiger partial charge >= 0.3 is 0 Å². The first-order valence-corrected chi connectivity index (χ1v) is 5.88. The lowest BCUT2D eigenvalue weighted by Crippen LogP contribution is -2.26. The molecule has 1 radical (unpaired) electrons. The molecule has 0 saturated carbocycles. The zero-order chi connectivity index (χ0) is 10.5. The molecule has 15 heavy (non-hydrogen) atoms. The summed E-state index contributed by atoms with van der Waals surface area (Å²) in [5.41, 5.74) is 2.57. The number of benzene rings is 1. The van der Waals surface area contributed by atoms with Gasteiger partial charge in [0.15, 0.2) is 0 Å². The summed E-state index contributed by atoms with van der Waals surface area (Å²) >= 11 is 0. The van der Waals surface area contributed by atoms with E-state index in [1.807, 2.05) is 0 Å². The number of nitrogens with zero attached hydrogens (tertiary/aromatic N) is 2. The van der Waals surface area contributed by atoms with Gasteiger partial charge in [0.2, 0.25) is 0 Å². The molecule has 0 aliphatic carbocycles. The molecule has 81 valence electrons. The van der Waals surface area contributed by atoms with Crippen LogP contribution in [0.1, 0.15) is 25.3 Å². The first-order chi connectivity index (χ1) is 7.40. The topological polar surface area (TPSA) is 17.3 Å². The second-order valence-electron chi connectivity index (χ2n) is 4.14. The molecule has 0 bridgehead atoms. The zero-order valence-electron chi connectivity index (χ0n) is 9.45. The van der Waals surface area contributed by atoms with Crippen LogP contribution in [0.4, 0.5) is 5.69 Å². The summed E-state index contributed by atoms with van der Waals surface area (Å²) in [6.07, 6.45) is 2.57. The lowest BCUT2D eigenvalue weighted by atomic mass is 10.1. The van der Waals surface area contributed by atoms with E-state index in [1.54, 1.807) is 0 Å². The van der Waals surface area contributed by atoms with Crippen molar-refractivity contribution in [2.45, 2.75) is 26.3 Å². The average molecular weight is 203 g/mol. The van der Waals surface area contributed by atoms with Crippen molar-refractivity contribution in [2.24, 2.45) is 0 Å². The van der Waals surface area contributed by atoms with E-state index in [4.69, 9.17) is 0 Å². The highest BCUT2D eigenvalue weighted by molar-refractivity contribution is 5.45. The Labute approximate surface area is 92.3 Å². The Kier molecular flexibility index (Phi) is 3.62. The number of hydrogen-bond acceptors (Lipinski definition) is 1. The van der Waals surface area contributed by atoms with E-state index < -0.39 is 0 Å². The monoisotopic (exact) mass is 203 g/mol. The molecule has 1 aliphatic rings. The van der Waals surface area contributed by atoms with Crippen LogP contribution in [0.5, 0.6) is 0 Å². The predicted octanol–water partition coefficient (Wildman–Crippen LogP) is 2.54. The summed E-state index contributed by atoms with van der Waals surface area (Å²) in [7, 11) is 0. The smallest absolute Gasteiger partial charge is 0.0619 e. The number of fused-ring (bicyclic) bond motifs is 1. The van der Waals surface area contributed by atoms with Gasteiger partial charge in [0.25, 0.3) is 0 Å². The van der Waals surface area contributed by atoms with Crippen molar-refractivity contribution in [3.05, 3.63) is 29.8 Å². The van der Waals surface area contributed by atoms with Crippen LogP contribution in [0.15, 0.2) is 24.3 Å². The van der Waals surface area contributed by atoms with Gasteiger partial charge in [-0.15, -0.1) is 0 Å². The molecule has 2 nitrogen and oxygen atoms in total. The number of para-hydroxylation sites is 1. The highest BCUT2D eigenvalue weighted by Gasteiger charge is 2.13. The summed E-state index contributed by atoms with van der Waals surface area (Å²) in [4.78, 5) is 2.51. The molecule has 0 aromatic heterocycles. The van der Waals surface area contributed by atoms with Gasteiger partial charge in [-0.05, 0) is 24.6 Å². The minimum Gasteiger partial charge on any atom is -0.297 e. The molecule has 1 aromatic rings. The Balaban J connectivity index is 2.04. The SMILES string of the molecule is CCCCN1CC[N]c2ccccc2C1. The van der Waals surface area contributed by atoms with Crippen LogP contribution in [-0.2, 0) is 6.54 Å². The summed E-state index contributed by atoms with van der Waals surface area (Å²) < 4.78 is 0. The number of rotatable bonds is 3. The summed E-state index contributed by atoms with van der Waals surface area (Å²) in [5.74, 6) is 0. The third-order valence-electron chi connectivity index (χ3n) is 2.91. The van der Waals surface area contributed by atoms with Gasteiger partial charge in [-0.2, -0.15) is 0 Å². The molecular formula is C13H19N2. The van der Waals surface area contributed by atoms with Crippen LogP contribution in [0.25, 0.3) is 0 Å². The van der Waals surface area contributed by atoms with Crippen molar-refractivity contribution >= 4 is 5.69 Å². The van der Waals surface area contributed by atoms with Gasteiger partial charge in [0.05, 0.1) is 12.2 Å². The second kappa shape index (κ2) is 5.17. The Morgan fingerprint density at radius 2 is 2.20 bits per heavy atom. The standard InChI is InChI=1S/C13H19N2/c1-2-3-9-15-10-8-14-13-7-5-4-6-12(13)11-15/h4-7H,2-3,8-11H2,1H3. The predicted molar refractivity (Wildman–Crippen MR) is 63.3 cm³/mol. The first kappa shape index (κ1) is 10.5. The van der Waals surface area contributed by atoms with E-state index in [9.17, 15) is 0 Å². The molecule has 0 N–H and O–H groups in total. The van der Waals surface area contributed by atoms with E-state index in [2.05, 4.69) is 41.4 Å². The number of hydrogen-bond donors (Lipinski definition) is 0. The van der Waals surface area contributed by atoms with Gasteiger partial charge in [0.1, 0.15) is 0 Å². The summed E-state index contributed by atoms with van der Waals surface area (Å²) in [6.45, 7) is 6.57. The third kappa shape index (κ3) is 2.72. The van der Waals surface area contributed by atoms with Crippen LogP contribution in [-0.4, -0.2) is 24.5 Å². The second-order valence-corrected chi connectivity index (χ2v) is 4.14. The highest BCUT2D eigenvalue weighted by Crippen LogP contribution is 2.19. The van der Waals surface area contributed by atoms with Crippen LogP contribution in [0.2, 0.25) is 0 Å². The van der Waals surface area contributed by atoms with Crippen molar-refractivity contribution in [1.82, 2.24) is 10.2 Å². The molecule has 0 fully saturated rings. The molecule has 1 aromatic carbocycles. The quantitative estimate of drug-likeness (QED) is 0.738. The Morgan fingerprint density at radius 1 is 1.33 bits per heavy atom. The summed E-state index contributed by atoms with van der Waals surface area (Å²) in [6, 6.07) is 8.50. The van der Waals surface area contributed by atoms with Crippen LogP contribution >= 0.6 is 0 Å². The van der Waals surface area contributed by atoms with Crippen molar-refractivity contribution in [3.63, 3.8) is 0 Å². The first-order valence-electron chi connectivity index (χ1n) is 5.88. The molecule has 0 unspecified atom stereocenters. The van der Waals surface area contributed by atoms with E-state index in [0.717, 1.165) is 19.6 Å². The summed E-state index contributed by atoms with van der Waals surface area (Å²) in [5, 5.41) is 4.60. The van der Waals surface area contributed by atoms with Crippen LogP contribution in [0.3, 0.4) is 0 Å². The van der Waals surface area contributed by atoms with Gasteiger partial charge in [-0.25, -0.2) is 0 Å². The third-order valence-corrected chi connectivity index (χ3v) is 2.91. The molecule has 0 saturated heterocycles. The van der Waals surface area contributed by atoms with Gasteiger partial charge in [0, 0.05) is 13.1 Å². The fraction of sp³-hybridized carbons (Fsp3) is 0.538. The van der Waals surface area contributed by atoms with Gasteiger partial charge in [-0.3, -0.25) is 10.2 Å². The Bertz CT molecular complexity index is 307. The van der Waals surface area contributed by atoms with E-state index in [1.165, 1.54) is 30.6 Å². The van der Waals surface area contributed by atoms with Crippen molar-refractivity contribution in [2.75, 3.05) is 19.6 Å². The number of unbranched alkanes of at least 4 members (excludes halogenated alkanes) is 1. The van der Waals surface area contributed by atoms with E-state index in [-0.39, 0.29) is 0 Å². The molecular weight excluding hydrogens is 184 g/mol. The maximum Gasteiger partial charge on any atom is 0.0619 e. The maximum atomic E-state index is 4.60. The van der Waals surface area contributed by atoms with Crippen molar-refractivity contribution in [1.29, 1.82) is 0 Å². The lowest BCUT2D eigenvalue weighted by Gasteiger charge is -2.18. The minimum absolute atomic E-state index is 0.945. The van der Waals surface area contributed by atoms with Crippen molar-refractivity contribution < 1.29 is 0 Å². The molecule has 2 rings (SSSR count). The van der Waals surface area contributed by atoms with E-state index >= 15 is 0 Å². The maximum absolute atomic E-state index is 4.60. The van der Waals surface area contributed by atoms with Crippen molar-refractivity contribution in [3.8, 4) is 0 Å². The van der Waals surface area contributed by atoms with Gasteiger partial charge < -0.3 is 0 Å². The molecule has 1 heterocycles. The highest BCUT2D eigenvalue weighted by atomic mass is 15.1. The molecule has 1 aliphatic heterocycles. The Hall–Kier alpha value is -1.02. The Morgan fingerprint density at radius 3 is 3.07 bits per heavy atom. The lowest BCUT2D eigenvalue weighted by molar-refractivity contribution is 0.271. The average Bonchev–Trinajstić information content (AvgIpc) is 2.47. The normalized spacial score (nSPS) is 16.6. The largest absolute Gasteiger partial charge is 0.297 e. The molecule has 0 atom stereocenters. The van der Waals surface area contributed by atoms with E-state index in [0.29, 0.717) is 0 Å². The van der Waals surface area contributed by atoms with Crippen LogP contribution < -0.4 is 5.32 Å².